The molecule has 1 N–H and O–H groups in total. The molecule has 1 aromatic carbocycles. The number of hydrogen-bond acceptors (Lipinski definition) is 4. The molecule has 6 nitrogen and oxygen atoms in total. The molecule has 0 bridgehead atoms. The van der Waals surface area contributed by atoms with Crippen molar-refractivity contribution in [1.29, 1.82) is 0 Å². The van der Waals surface area contributed by atoms with Crippen LogP contribution in [-0.2, 0) is 10.0 Å². The van der Waals surface area contributed by atoms with Gasteiger partial charge in [0.25, 0.3) is 5.91 Å². The Bertz CT molecular complexity index is 596. The smallest absolute Gasteiger partial charge is 0.253 e. The van der Waals surface area contributed by atoms with Crippen LogP contribution in [0.25, 0.3) is 0 Å². The Morgan fingerprint density at radius 1 is 1.23 bits per heavy atom. The summed E-state index contributed by atoms with van der Waals surface area (Å²) < 4.78 is 26.0. The van der Waals surface area contributed by atoms with E-state index in [-0.39, 0.29) is 30.0 Å². The second kappa shape index (κ2) is 7.71. The van der Waals surface area contributed by atoms with E-state index in [1.165, 1.54) is 40.5 Å². The summed E-state index contributed by atoms with van der Waals surface area (Å²) in [5.74, 6) is -0.224. The highest BCUT2D eigenvalue weighted by Crippen LogP contribution is 2.17. The predicted octanol–water partition coefficient (Wildman–Crippen LogP) is 1.17. The van der Waals surface area contributed by atoms with Gasteiger partial charge in [-0.1, -0.05) is 0 Å². The lowest BCUT2D eigenvalue weighted by Gasteiger charge is -2.22. The maximum atomic E-state index is 12.3. The molecule has 22 heavy (non-hydrogen) atoms. The molecule has 0 saturated carbocycles. The predicted molar refractivity (Wildman–Crippen MR) is 85.2 cm³/mol. The van der Waals surface area contributed by atoms with Gasteiger partial charge in [-0.15, -0.1) is 0 Å². The van der Waals surface area contributed by atoms with Gasteiger partial charge >= 0.3 is 0 Å². The standard InChI is InChI=1S/C15H24N2O4S/c1-5-17(10-11-18)15(19)13-6-8-14(9-7-13)22(20,21)16(4)12(2)3/h6-9,12,18H,5,10-11H2,1-4H3. The fourth-order valence-corrected chi connectivity index (χ4v) is 3.29. The Kier molecular flexibility index (Phi) is 6.52. The van der Waals surface area contributed by atoms with E-state index in [1.807, 2.05) is 6.92 Å². The van der Waals surface area contributed by atoms with Crippen molar-refractivity contribution in [2.24, 2.45) is 0 Å². The van der Waals surface area contributed by atoms with Crippen LogP contribution in [0.1, 0.15) is 31.1 Å². The number of hydrogen-bond donors (Lipinski definition) is 1. The molecule has 0 spiro atoms. The number of carbonyl (C=O) groups is 1. The Morgan fingerprint density at radius 2 is 1.77 bits per heavy atom. The van der Waals surface area contributed by atoms with Gasteiger partial charge in [0.15, 0.2) is 0 Å². The normalized spacial score (nSPS) is 12.0. The van der Waals surface area contributed by atoms with Crippen LogP contribution in [0.2, 0.25) is 0 Å². The zero-order chi connectivity index (χ0) is 16.9. The number of aliphatic hydroxyl groups is 1. The first-order valence-electron chi connectivity index (χ1n) is 7.24. The molecular weight excluding hydrogens is 304 g/mol. The summed E-state index contributed by atoms with van der Waals surface area (Å²) in [4.78, 5) is 13.9. The molecule has 1 amide bonds. The zero-order valence-corrected chi connectivity index (χ0v) is 14.3. The molecule has 1 aromatic rings. The van der Waals surface area contributed by atoms with Crippen molar-refractivity contribution in [2.45, 2.75) is 31.7 Å². The minimum Gasteiger partial charge on any atom is -0.395 e. The monoisotopic (exact) mass is 328 g/mol. The molecule has 1 rings (SSSR count). The maximum Gasteiger partial charge on any atom is 0.253 e. The SMILES string of the molecule is CCN(CCO)C(=O)c1ccc(S(=O)(=O)N(C)C(C)C)cc1. The molecule has 0 saturated heterocycles. The summed E-state index contributed by atoms with van der Waals surface area (Å²) in [5.41, 5.74) is 0.404. The maximum absolute atomic E-state index is 12.3. The third kappa shape index (κ3) is 4.06. The molecule has 0 aromatic heterocycles. The number of amides is 1. The quantitative estimate of drug-likeness (QED) is 0.815. The minimum atomic E-state index is -3.55. The average molecular weight is 328 g/mol. The van der Waals surface area contributed by atoms with Crippen molar-refractivity contribution < 1.29 is 18.3 Å². The molecular formula is C15H24N2O4S. The molecule has 0 atom stereocenters. The van der Waals surface area contributed by atoms with Crippen LogP contribution in [-0.4, -0.2) is 61.4 Å². The van der Waals surface area contributed by atoms with Crippen molar-refractivity contribution in [2.75, 3.05) is 26.7 Å². The van der Waals surface area contributed by atoms with Gasteiger partial charge in [-0.3, -0.25) is 4.79 Å². The fraction of sp³-hybridized carbons (Fsp3) is 0.533. The largest absolute Gasteiger partial charge is 0.395 e. The van der Waals surface area contributed by atoms with E-state index in [0.717, 1.165) is 0 Å². The van der Waals surface area contributed by atoms with Gasteiger partial charge in [-0.25, -0.2) is 8.42 Å². The Hall–Kier alpha value is -1.44. The number of rotatable bonds is 7. The van der Waals surface area contributed by atoms with E-state index in [0.29, 0.717) is 12.1 Å². The number of sulfonamides is 1. The Morgan fingerprint density at radius 3 is 2.18 bits per heavy atom. The number of likely N-dealkylation sites (N-methyl/N-ethyl adjacent to an activating group) is 1. The average Bonchev–Trinajstić information content (AvgIpc) is 2.51. The van der Waals surface area contributed by atoms with Gasteiger partial charge < -0.3 is 10.0 Å². The van der Waals surface area contributed by atoms with Gasteiger partial charge in [-0.05, 0) is 45.0 Å². The molecule has 0 radical (unpaired) electrons. The lowest BCUT2D eigenvalue weighted by Crippen LogP contribution is -2.34. The van der Waals surface area contributed by atoms with E-state index in [1.54, 1.807) is 13.8 Å². The second-order valence-corrected chi connectivity index (χ2v) is 7.25. The summed E-state index contributed by atoms with van der Waals surface area (Å²) in [6.07, 6.45) is 0. The van der Waals surface area contributed by atoms with Gasteiger partial charge in [0.2, 0.25) is 10.0 Å². The van der Waals surface area contributed by atoms with Crippen LogP contribution in [0.3, 0.4) is 0 Å². The molecule has 7 heteroatoms. The summed E-state index contributed by atoms with van der Waals surface area (Å²) >= 11 is 0. The van der Waals surface area contributed by atoms with Gasteiger partial charge in [0.05, 0.1) is 11.5 Å². The first kappa shape index (κ1) is 18.6. The molecule has 0 unspecified atom stereocenters. The molecule has 124 valence electrons. The molecule has 0 heterocycles. The van der Waals surface area contributed by atoms with E-state index < -0.39 is 10.0 Å². The van der Waals surface area contributed by atoms with E-state index in [2.05, 4.69) is 0 Å². The summed E-state index contributed by atoms with van der Waals surface area (Å²) in [7, 11) is -2.02. The first-order valence-corrected chi connectivity index (χ1v) is 8.68. The van der Waals surface area contributed by atoms with Gasteiger partial charge in [0, 0.05) is 31.7 Å². The Balaban J connectivity index is 3.03. The Labute approximate surface area is 132 Å². The molecule has 0 fully saturated rings. The summed E-state index contributed by atoms with van der Waals surface area (Å²) in [6.45, 7) is 6.04. The second-order valence-electron chi connectivity index (χ2n) is 5.25. The number of benzene rings is 1. The van der Waals surface area contributed by atoms with Crippen molar-refractivity contribution >= 4 is 15.9 Å². The van der Waals surface area contributed by atoms with E-state index in [4.69, 9.17) is 5.11 Å². The zero-order valence-electron chi connectivity index (χ0n) is 13.5. The van der Waals surface area contributed by atoms with Crippen LogP contribution < -0.4 is 0 Å². The highest BCUT2D eigenvalue weighted by atomic mass is 32.2. The topological polar surface area (TPSA) is 77.9 Å². The highest BCUT2D eigenvalue weighted by Gasteiger charge is 2.23. The van der Waals surface area contributed by atoms with Crippen LogP contribution in [0.5, 0.6) is 0 Å². The van der Waals surface area contributed by atoms with Gasteiger partial charge in [0.1, 0.15) is 0 Å². The molecule has 0 aliphatic carbocycles. The summed E-state index contributed by atoms with van der Waals surface area (Å²) in [5, 5.41) is 8.95. The van der Waals surface area contributed by atoms with Crippen molar-refractivity contribution in [3.8, 4) is 0 Å². The lowest BCUT2D eigenvalue weighted by atomic mass is 10.2. The third-order valence-corrected chi connectivity index (χ3v) is 5.59. The minimum absolute atomic E-state index is 0.106. The van der Waals surface area contributed by atoms with E-state index >= 15 is 0 Å². The third-order valence-electron chi connectivity index (χ3n) is 3.54. The summed E-state index contributed by atoms with van der Waals surface area (Å²) in [6, 6.07) is 5.74. The lowest BCUT2D eigenvalue weighted by molar-refractivity contribution is 0.0732. The van der Waals surface area contributed by atoms with Crippen molar-refractivity contribution in [3.05, 3.63) is 29.8 Å². The number of nitrogens with zero attached hydrogens (tertiary/aromatic N) is 2. The van der Waals surface area contributed by atoms with Crippen LogP contribution in [0, 0.1) is 0 Å². The molecule has 0 aliphatic heterocycles. The van der Waals surface area contributed by atoms with Crippen molar-refractivity contribution in [1.82, 2.24) is 9.21 Å². The van der Waals surface area contributed by atoms with Crippen molar-refractivity contribution in [3.63, 3.8) is 0 Å². The van der Waals surface area contributed by atoms with Crippen LogP contribution in [0.4, 0.5) is 0 Å². The number of aliphatic hydroxyl groups excluding tert-OH is 1. The molecule has 0 aliphatic rings. The number of carbonyl (C=O) groups excluding carboxylic acids is 1. The van der Waals surface area contributed by atoms with Crippen LogP contribution in [0.15, 0.2) is 29.2 Å². The fourth-order valence-electron chi connectivity index (χ4n) is 1.92. The van der Waals surface area contributed by atoms with Gasteiger partial charge in [-0.2, -0.15) is 4.31 Å². The highest BCUT2D eigenvalue weighted by molar-refractivity contribution is 7.89. The van der Waals surface area contributed by atoms with E-state index in [9.17, 15) is 13.2 Å². The van der Waals surface area contributed by atoms with Crippen LogP contribution >= 0.6 is 0 Å². The first-order chi connectivity index (χ1) is 10.3.